The van der Waals surface area contributed by atoms with Gasteiger partial charge in [0.2, 0.25) is 0 Å². The Balaban J connectivity index is 1.73. The summed E-state index contributed by atoms with van der Waals surface area (Å²) in [6.07, 6.45) is 7.64. The highest BCUT2D eigenvalue weighted by molar-refractivity contribution is 5.92. The minimum atomic E-state index is -1.12. The van der Waals surface area contributed by atoms with Crippen molar-refractivity contribution in [3.05, 3.63) is 11.6 Å². The normalized spacial score (nSPS) is 44.0. The van der Waals surface area contributed by atoms with E-state index in [1.165, 1.54) is 5.57 Å². The van der Waals surface area contributed by atoms with Crippen LogP contribution in [0.15, 0.2) is 11.6 Å². The summed E-state index contributed by atoms with van der Waals surface area (Å²) in [5, 5.41) is 11.5. The molecule has 0 aromatic rings. The first-order chi connectivity index (χ1) is 14.6. The van der Waals surface area contributed by atoms with Crippen LogP contribution < -0.4 is 0 Å². The number of rotatable bonds is 5. The van der Waals surface area contributed by atoms with Crippen molar-refractivity contribution in [3.8, 4) is 0 Å². The van der Waals surface area contributed by atoms with E-state index in [2.05, 4.69) is 13.8 Å². The Kier molecular flexibility index (Phi) is 5.73. The molecule has 5 nitrogen and oxygen atoms in total. The van der Waals surface area contributed by atoms with Crippen LogP contribution >= 0.6 is 0 Å². The predicted molar refractivity (Wildman–Crippen MR) is 117 cm³/mol. The molecule has 7 atom stereocenters. The molecular weight excluding hydrogens is 392 g/mol. The Morgan fingerprint density at radius 3 is 2.58 bits per heavy atom. The minimum absolute atomic E-state index is 0.00141. The number of allylic oxidation sites excluding steroid dienone is 1. The number of carbonyl (C=O) groups excluding carboxylic acids is 3. The van der Waals surface area contributed by atoms with Crippen molar-refractivity contribution in [1.82, 2.24) is 0 Å². The van der Waals surface area contributed by atoms with Crippen LogP contribution in [0.3, 0.4) is 0 Å². The molecule has 4 aliphatic carbocycles. The van der Waals surface area contributed by atoms with Gasteiger partial charge in [-0.3, -0.25) is 14.4 Å². The van der Waals surface area contributed by atoms with Crippen molar-refractivity contribution >= 4 is 17.5 Å². The van der Waals surface area contributed by atoms with Crippen LogP contribution in [0, 0.1) is 28.6 Å². The number of aliphatic hydroxyl groups excluding tert-OH is 1. The Morgan fingerprint density at radius 1 is 1.16 bits per heavy atom. The maximum Gasteiger partial charge on any atom is 0.306 e. The Morgan fingerprint density at radius 2 is 1.90 bits per heavy atom. The molecule has 0 spiro atoms. The van der Waals surface area contributed by atoms with Gasteiger partial charge in [-0.05, 0) is 74.2 Å². The van der Waals surface area contributed by atoms with Gasteiger partial charge >= 0.3 is 5.97 Å². The third kappa shape index (κ3) is 3.17. The minimum Gasteiger partial charge on any atom is -0.450 e. The number of esters is 1. The number of ketones is 2. The standard InChI is InChI=1S/C26H38O5/c1-5-7-22(30)31-26(21(29)6-2)13-11-19-18-9-8-16-14-17(27)10-12-24(16,3)23(18)20(28)15-25(19,26)4/h14,18-20,23,28H,5-13,15H2,1-4H3/t18-,19-,20-,23?,24-,25+,26+/m1/s1. The topological polar surface area (TPSA) is 80.7 Å². The summed E-state index contributed by atoms with van der Waals surface area (Å²) < 4.78 is 6.08. The zero-order valence-electron chi connectivity index (χ0n) is 19.5. The van der Waals surface area contributed by atoms with Gasteiger partial charge in [-0.25, -0.2) is 0 Å². The van der Waals surface area contributed by atoms with Gasteiger partial charge < -0.3 is 9.84 Å². The zero-order chi connectivity index (χ0) is 22.6. The molecule has 0 heterocycles. The lowest BCUT2D eigenvalue weighted by molar-refractivity contribution is -0.201. The van der Waals surface area contributed by atoms with E-state index in [0.717, 1.165) is 25.7 Å². The number of aliphatic hydroxyl groups is 1. The molecule has 31 heavy (non-hydrogen) atoms. The molecule has 3 fully saturated rings. The number of hydrogen-bond acceptors (Lipinski definition) is 5. The fourth-order valence-corrected chi connectivity index (χ4v) is 8.09. The van der Waals surface area contributed by atoms with Gasteiger partial charge in [0.05, 0.1) is 6.10 Å². The lowest BCUT2D eigenvalue weighted by Crippen LogP contribution is -2.62. The maximum absolute atomic E-state index is 13.3. The first-order valence-corrected chi connectivity index (χ1v) is 12.3. The van der Waals surface area contributed by atoms with Gasteiger partial charge in [0, 0.05) is 24.7 Å². The third-order valence-corrected chi connectivity index (χ3v) is 9.53. The average molecular weight is 431 g/mol. The molecule has 172 valence electrons. The van der Waals surface area contributed by atoms with Crippen LogP contribution in [0.25, 0.3) is 0 Å². The second-order valence-electron chi connectivity index (χ2n) is 10.9. The van der Waals surface area contributed by atoms with Crippen LogP contribution in [0.1, 0.15) is 91.9 Å². The first kappa shape index (κ1) is 22.7. The van der Waals surface area contributed by atoms with E-state index in [9.17, 15) is 19.5 Å². The molecule has 5 heteroatoms. The largest absolute Gasteiger partial charge is 0.450 e. The maximum atomic E-state index is 13.3. The molecule has 4 aliphatic rings. The van der Waals surface area contributed by atoms with E-state index < -0.39 is 17.1 Å². The molecule has 1 unspecified atom stereocenters. The van der Waals surface area contributed by atoms with E-state index in [0.29, 0.717) is 38.5 Å². The van der Waals surface area contributed by atoms with E-state index in [4.69, 9.17) is 4.74 Å². The van der Waals surface area contributed by atoms with E-state index in [1.807, 2.05) is 19.9 Å². The van der Waals surface area contributed by atoms with Crippen LogP contribution in [-0.4, -0.2) is 34.3 Å². The number of hydrogen-bond donors (Lipinski definition) is 1. The van der Waals surface area contributed by atoms with Gasteiger partial charge in [-0.1, -0.05) is 33.3 Å². The lowest BCUT2D eigenvalue weighted by atomic mass is 9.45. The van der Waals surface area contributed by atoms with Gasteiger partial charge in [0.1, 0.15) is 0 Å². The Bertz CT molecular complexity index is 815. The van der Waals surface area contributed by atoms with Gasteiger partial charge in [0.25, 0.3) is 0 Å². The number of fused-ring (bicyclic) bond motifs is 5. The van der Waals surface area contributed by atoms with E-state index >= 15 is 0 Å². The summed E-state index contributed by atoms with van der Waals surface area (Å²) in [4.78, 5) is 38.0. The SMILES string of the molecule is CCCC(=O)O[C@]1(C(=O)CC)CC[C@@H]2[C@H]3CCC4=CC(=O)CC[C@@]4(C)C3[C@H](O)C[C@@]21C. The summed E-state index contributed by atoms with van der Waals surface area (Å²) in [5.41, 5.74) is -0.622. The summed E-state index contributed by atoms with van der Waals surface area (Å²) in [7, 11) is 0. The highest BCUT2D eigenvalue weighted by Crippen LogP contribution is 2.68. The van der Waals surface area contributed by atoms with Crippen molar-refractivity contribution in [2.24, 2.45) is 28.6 Å². The number of Topliss-reactive ketones (excluding diaryl/α,β-unsaturated/α-hetero) is 1. The average Bonchev–Trinajstić information content (AvgIpc) is 3.00. The summed E-state index contributed by atoms with van der Waals surface area (Å²) in [6, 6.07) is 0. The van der Waals surface area contributed by atoms with Crippen LogP contribution in [0.5, 0.6) is 0 Å². The Hall–Kier alpha value is -1.49. The predicted octanol–water partition coefficient (Wildman–Crippen LogP) is 4.55. The quantitative estimate of drug-likeness (QED) is 0.647. The Labute approximate surface area is 186 Å². The fraction of sp³-hybridized carbons (Fsp3) is 0.808. The van der Waals surface area contributed by atoms with Gasteiger partial charge in [-0.15, -0.1) is 0 Å². The summed E-state index contributed by atoms with van der Waals surface area (Å²) in [6.45, 7) is 8.10. The van der Waals surface area contributed by atoms with Gasteiger partial charge in [-0.2, -0.15) is 0 Å². The van der Waals surface area contributed by atoms with E-state index in [-0.39, 0.29) is 40.7 Å². The molecular formula is C26H38O5. The molecule has 0 aromatic carbocycles. The molecule has 0 radical (unpaired) electrons. The monoisotopic (exact) mass is 430 g/mol. The van der Waals surface area contributed by atoms with E-state index in [1.54, 1.807) is 0 Å². The molecule has 0 bridgehead atoms. The molecule has 4 rings (SSSR count). The lowest BCUT2D eigenvalue weighted by Gasteiger charge is -2.60. The second kappa shape index (κ2) is 7.83. The molecule has 0 saturated heterocycles. The highest BCUT2D eigenvalue weighted by Gasteiger charge is 2.70. The molecule has 0 amide bonds. The van der Waals surface area contributed by atoms with Gasteiger partial charge in [0.15, 0.2) is 17.2 Å². The second-order valence-corrected chi connectivity index (χ2v) is 10.9. The van der Waals surface area contributed by atoms with Crippen molar-refractivity contribution in [2.75, 3.05) is 0 Å². The van der Waals surface area contributed by atoms with Crippen LogP contribution in [0.2, 0.25) is 0 Å². The van der Waals surface area contributed by atoms with Crippen molar-refractivity contribution < 1.29 is 24.2 Å². The zero-order valence-corrected chi connectivity index (χ0v) is 19.5. The summed E-state index contributed by atoms with van der Waals surface area (Å²) in [5.74, 6) is 0.519. The fourth-order valence-electron chi connectivity index (χ4n) is 8.09. The van der Waals surface area contributed by atoms with Crippen LogP contribution in [0.4, 0.5) is 0 Å². The number of carbonyl (C=O) groups is 3. The van der Waals surface area contributed by atoms with Crippen molar-refractivity contribution in [1.29, 1.82) is 0 Å². The molecule has 1 N–H and O–H groups in total. The summed E-state index contributed by atoms with van der Waals surface area (Å²) >= 11 is 0. The van der Waals surface area contributed by atoms with Crippen LogP contribution in [-0.2, 0) is 19.1 Å². The first-order valence-electron chi connectivity index (χ1n) is 12.3. The molecule has 0 aliphatic heterocycles. The number of ether oxygens (including phenoxy) is 1. The highest BCUT2D eigenvalue weighted by atomic mass is 16.6. The smallest absolute Gasteiger partial charge is 0.306 e. The third-order valence-electron chi connectivity index (χ3n) is 9.53. The van der Waals surface area contributed by atoms with Crippen molar-refractivity contribution in [2.45, 2.75) is 104 Å². The molecule has 3 saturated carbocycles. The van der Waals surface area contributed by atoms with Crippen molar-refractivity contribution in [3.63, 3.8) is 0 Å². The molecule has 0 aromatic heterocycles.